The van der Waals surface area contributed by atoms with Crippen molar-refractivity contribution in [2.24, 2.45) is 11.8 Å². The van der Waals surface area contributed by atoms with Gasteiger partial charge in [-0.1, -0.05) is 33.8 Å². The van der Waals surface area contributed by atoms with Crippen LogP contribution in [0.25, 0.3) is 0 Å². The zero-order valence-electron chi connectivity index (χ0n) is 13.1. The Labute approximate surface area is 118 Å². The van der Waals surface area contributed by atoms with Crippen LogP contribution in [-0.2, 0) is 0 Å². The van der Waals surface area contributed by atoms with Gasteiger partial charge < -0.3 is 10.1 Å². The summed E-state index contributed by atoms with van der Waals surface area (Å²) >= 11 is 0. The fraction of sp³-hybridized carbons (Fsp3) is 0.647. The molecular weight excluding hydrogens is 234 g/mol. The highest BCUT2D eigenvalue weighted by atomic mass is 16.5. The fourth-order valence-electron chi connectivity index (χ4n) is 2.43. The van der Waals surface area contributed by atoms with Gasteiger partial charge in [-0.15, -0.1) is 0 Å². The molecule has 1 aromatic rings. The lowest BCUT2D eigenvalue weighted by Crippen LogP contribution is -2.23. The Balaban J connectivity index is 2.68. The van der Waals surface area contributed by atoms with Gasteiger partial charge in [0.15, 0.2) is 0 Å². The molecule has 0 aromatic heterocycles. The van der Waals surface area contributed by atoms with Crippen molar-refractivity contribution < 1.29 is 4.74 Å². The lowest BCUT2D eigenvalue weighted by atomic mass is 9.95. The standard InChI is InChI=1S/C17H29NO/c1-6-19-17-9-7-8-15(12-17)18-16(10-13(2)3)11-14(4)5/h7-9,12-14,16,18H,6,10-11H2,1-5H3. The molecule has 0 saturated carbocycles. The van der Waals surface area contributed by atoms with Crippen molar-refractivity contribution in [3.05, 3.63) is 24.3 Å². The van der Waals surface area contributed by atoms with E-state index in [1.165, 1.54) is 12.8 Å². The zero-order chi connectivity index (χ0) is 14.3. The van der Waals surface area contributed by atoms with Crippen molar-refractivity contribution in [2.45, 2.75) is 53.5 Å². The summed E-state index contributed by atoms with van der Waals surface area (Å²) in [5.74, 6) is 2.37. The minimum Gasteiger partial charge on any atom is -0.494 e. The number of hydrogen-bond acceptors (Lipinski definition) is 2. The molecule has 0 spiro atoms. The van der Waals surface area contributed by atoms with Gasteiger partial charge in [0.2, 0.25) is 0 Å². The largest absolute Gasteiger partial charge is 0.494 e. The number of hydrogen-bond donors (Lipinski definition) is 1. The van der Waals surface area contributed by atoms with E-state index in [0.717, 1.165) is 11.4 Å². The lowest BCUT2D eigenvalue weighted by Gasteiger charge is -2.23. The van der Waals surface area contributed by atoms with E-state index in [0.29, 0.717) is 24.5 Å². The van der Waals surface area contributed by atoms with Gasteiger partial charge in [0, 0.05) is 17.8 Å². The summed E-state index contributed by atoms with van der Waals surface area (Å²) in [4.78, 5) is 0. The number of rotatable bonds is 8. The van der Waals surface area contributed by atoms with Crippen LogP contribution in [0.15, 0.2) is 24.3 Å². The highest BCUT2D eigenvalue weighted by Gasteiger charge is 2.13. The van der Waals surface area contributed by atoms with Gasteiger partial charge in [0.25, 0.3) is 0 Å². The van der Waals surface area contributed by atoms with Gasteiger partial charge in [-0.2, -0.15) is 0 Å². The van der Waals surface area contributed by atoms with Gasteiger partial charge in [0.05, 0.1) is 6.61 Å². The predicted molar refractivity (Wildman–Crippen MR) is 83.9 cm³/mol. The molecule has 0 unspecified atom stereocenters. The number of anilines is 1. The third-order valence-corrected chi connectivity index (χ3v) is 3.03. The second-order valence-electron chi connectivity index (χ2n) is 6.06. The van der Waals surface area contributed by atoms with Crippen LogP contribution in [-0.4, -0.2) is 12.6 Å². The smallest absolute Gasteiger partial charge is 0.121 e. The molecule has 0 amide bonds. The summed E-state index contributed by atoms with van der Waals surface area (Å²) in [5, 5.41) is 3.66. The maximum absolute atomic E-state index is 5.55. The van der Waals surface area contributed by atoms with Crippen LogP contribution < -0.4 is 10.1 Å². The molecule has 1 N–H and O–H groups in total. The summed E-state index contributed by atoms with van der Waals surface area (Å²) in [6, 6.07) is 8.81. The van der Waals surface area contributed by atoms with Crippen molar-refractivity contribution in [3.8, 4) is 5.75 Å². The van der Waals surface area contributed by atoms with Crippen LogP contribution in [0.3, 0.4) is 0 Å². The van der Waals surface area contributed by atoms with E-state index < -0.39 is 0 Å². The third kappa shape index (κ3) is 6.51. The Morgan fingerprint density at radius 1 is 1.05 bits per heavy atom. The first-order valence-electron chi connectivity index (χ1n) is 7.50. The van der Waals surface area contributed by atoms with Gasteiger partial charge >= 0.3 is 0 Å². The summed E-state index contributed by atoms with van der Waals surface area (Å²) in [5.41, 5.74) is 1.16. The Kier molecular flexibility index (Phi) is 6.75. The van der Waals surface area contributed by atoms with Crippen molar-refractivity contribution in [1.29, 1.82) is 0 Å². The molecule has 0 bridgehead atoms. The molecule has 0 aliphatic heterocycles. The average molecular weight is 263 g/mol. The van der Waals surface area contributed by atoms with Crippen molar-refractivity contribution >= 4 is 5.69 Å². The molecule has 0 radical (unpaired) electrons. The summed E-state index contributed by atoms with van der Waals surface area (Å²) < 4.78 is 5.55. The van der Waals surface area contributed by atoms with Crippen LogP contribution in [0.4, 0.5) is 5.69 Å². The monoisotopic (exact) mass is 263 g/mol. The SMILES string of the molecule is CCOc1cccc(NC(CC(C)C)CC(C)C)c1. The second kappa shape index (κ2) is 8.08. The number of nitrogens with one attached hydrogen (secondary N) is 1. The topological polar surface area (TPSA) is 21.3 Å². The molecule has 0 heterocycles. The minimum absolute atomic E-state index is 0.539. The van der Waals surface area contributed by atoms with E-state index in [1.807, 2.05) is 13.0 Å². The lowest BCUT2D eigenvalue weighted by molar-refractivity contribution is 0.340. The van der Waals surface area contributed by atoms with E-state index >= 15 is 0 Å². The van der Waals surface area contributed by atoms with Gasteiger partial charge in [-0.3, -0.25) is 0 Å². The zero-order valence-corrected chi connectivity index (χ0v) is 13.1. The van der Waals surface area contributed by atoms with E-state index in [4.69, 9.17) is 4.74 Å². The van der Waals surface area contributed by atoms with Crippen molar-refractivity contribution in [1.82, 2.24) is 0 Å². The van der Waals surface area contributed by atoms with Crippen LogP contribution in [0.1, 0.15) is 47.5 Å². The van der Waals surface area contributed by atoms with Crippen LogP contribution in [0.2, 0.25) is 0 Å². The first kappa shape index (κ1) is 15.9. The van der Waals surface area contributed by atoms with Crippen LogP contribution in [0, 0.1) is 11.8 Å². The van der Waals surface area contributed by atoms with Crippen molar-refractivity contribution in [3.63, 3.8) is 0 Å². The molecule has 0 fully saturated rings. The predicted octanol–water partition coefficient (Wildman–Crippen LogP) is 4.96. The normalized spacial score (nSPS) is 11.4. The quantitative estimate of drug-likeness (QED) is 0.716. The maximum Gasteiger partial charge on any atom is 0.121 e. The molecule has 108 valence electrons. The van der Waals surface area contributed by atoms with Crippen LogP contribution in [0.5, 0.6) is 5.75 Å². The van der Waals surface area contributed by atoms with Crippen LogP contribution >= 0.6 is 0 Å². The molecule has 0 aliphatic rings. The molecule has 19 heavy (non-hydrogen) atoms. The van der Waals surface area contributed by atoms with Crippen molar-refractivity contribution in [2.75, 3.05) is 11.9 Å². The number of ether oxygens (including phenoxy) is 1. The maximum atomic E-state index is 5.55. The first-order valence-corrected chi connectivity index (χ1v) is 7.50. The Morgan fingerprint density at radius 2 is 1.68 bits per heavy atom. The first-order chi connectivity index (χ1) is 9.01. The molecule has 2 heteroatoms. The Bertz CT molecular complexity index is 350. The van der Waals surface area contributed by atoms with E-state index in [9.17, 15) is 0 Å². The van der Waals surface area contributed by atoms with Gasteiger partial charge in [0.1, 0.15) is 5.75 Å². The van der Waals surface area contributed by atoms with E-state index in [2.05, 4.69) is 51.2 Å². The second-order valence-corrected chi connectivity index (χ2v) is 6.06. The number of benzene rings is 1. The molecule has 0 saturated heterocycles. The van der Waals surface area contributed by atoms with Gasteiger partial charge in [-0.25, -0.2) is 0 Å². The van der Waals surface area contributed by atoms with Gasteiger partial charge in [-0.05, 0) is 43.7 Å². The van der Waals surface area contributed by atoms with E-state index in [-0.39, 0.29) is 0 Å². The Hall–Kier alpha value is -1.18. The molecule has 0 aliphatic carbocycles. The molecular formula is C17H29NO. The highest BCUT2D eigenvalue weighted by molar-refractivity contribution is 5.48. The summed E-state index contributed by atoms with van der Waals surface area (Å²) in [6.45, 7) is 11.9. The summed E-state index contributed by atoms with van der Waals surface area (Å²) in [7, 11) is 0. The molecule has 2 nitrogen and oxygen atoms in total. The highest BCUT2D eigenvalue weighted by Crippen LogP contribution is 2.22. The molecule has 1 aromatic carbocycles. The third-order valence-electron chi connectivity index (χ3n) is 3.03. The van der Waals surface area contributed by atoms with E-state index in [1.54, 1.807) is 0 Å². The molecule has 0 atom stereocenters. The fourth-order valence-corrected chi connectivity index (χ4v) is 2.43. The Morgan fingerprint density at radius 3 is 2.21 bits per heavy atom. The molecule has 1 rings (SSSR count). The average Bonchev–Trinajstić information content (AvgIpc) is 2.27. The minimum atomic E-state index is 0.539. The summed E-state index contributed by atoms with van der Waals surface area (Å²) in [6.07, 6.45) is 2.41.